The van der Waals surface area contributed by atoms with Crippen molar-refractivity contribution in [2.75, 3.05) is 26.2 Å². The van der Waals surface area contributed by atoms with Gasteiger partial charge in [-0.2, -0.15) is 5.48 Å². The summed E-state index contributed by atoms with van der Waals surface area (Å²) in [6.45, 7) is 6.15. The van der Waals surface area contributed by atoms with Crippen molar-refractivity contribution < 1.29 is 29.7 Å². The molecule has 0 aromatic heterocycles. The SMILES string of the molecule is CC(=CCCCCNCCCCCCNOOCCC=C(C)C(=O)O)C(=O)O. The standard InChI is InChI=1S/C20H36N2O6/c1-17(19(23)24)11-6-5-8-14-21-13-7-3-4-9-15-22-28-27-16-10-12-18(2)20(25)26/h11-12,21-22H,3-10,13-16H2,1-2H3,(H,23,24)(H,25,26). The van der Waals surface area contributed by atoms with E-state index in [4.69, 9.17) is 20.1 Å². The number of rotatable bonds is 19. The van der Waals surface area contributed by atoms with Gasteiger partial charge in [-0.05, 0) is 65.5 Å². The number of hydroxylamine groups is 1. The van der Waals surface area contributed by atoms with E-state index >= 15 is 0 Å². The average Bonchev–Trinajstić information content (AvgIpc) is 2.66. The first-order chi connectivity index (χ1) is 13.4. The zero-order valence-corrected chi connectivity index (χ0v) is 17.2. The van der Waals surface area contributed by atoms with Gasteiger partial charge in [-0.1, -0.05) is 25.0 Å². The van der Waals surface area contributed by atoms with Gasteiger partial charge in [0.05, 0.1) is 6.61 Å². The summed E-state index contributed by atoms with van der Waals surface area (Å²) in [5.74, 6) is -1.76. The van der Waals surface area contributed by atoms with Crippen molar-refractivity contribution in [3.63, 3.8) is 0 Å². The minimum atomic E-state index is -0.922. The van der Waals surface area contributed by atoms with Crippen molar-refractivity contribution in [2.45, 2.75) is 65.2 Å². The molecule has 28 heavy (non-hydrogen) atoms. The molecule has 4 N–H and O–H groups in total. The number of hydrogen-bond acceptors (Lipinski definition) is 6. The topological polar surface area (TPSA) is 117 Å². The fraction of sp³-hybridized carbons (Fsp3) is 0.700. The molecule has 0 amide bonds. The van der Waals surface area contributed by atoms with Crippen LogP contribution in [0.1, 0.15) is 65.2 Å². The number of carbonyl (C=O) groups is 2. The van der Waals surface area contributed by atoms with Gasteiger partial charge in [0.1, 0.15) is 0 Å². The van der Waals surface area contributed by atoms with Gasteiger partial charge in [-0.15, -0.1) is 4.99 Å². The van der Waals surface area contributed by atoms with Gasteiger partial charge < -0.3 is 15.5 Å². The third-order valence-corrected chi connectivity index (χ3v) is 4.08. The molecule has 0 aromatic rings. The Balaban J connectivity index is 3.22. The van der Waals surface area contributed by atoms with E-state index in [0.717, 1.165) is 58.0 Å². The van der Waals surface area contributed by atoms with Crippen LogP contribution in [0.4, 0.5) is 0 Å². The Morgan fingerprint density at radius 3 is 1.93 bits per heavy atom. The average molecular weight is 401 g/mol. The first-order valence-electron chi connectivity index (χ1n) is 9.97. The summed E-state index contributed by atoms with van der Waals surface area (Å²) in [5.41, 5.74) is 3.44. The smallest absolute Gasteiger partial charge is 0.330 e. The molecular weight excluding hydrogens is 364 g/mol. The Hall–Kier alpha value is -1.74. The maximum absolute atomic E-state index is 10.6. The minimum Gasteiger partial charge on any atom is -0.478 e. The molecule has 8 heteroatoms. The molecule has 0 radical (unpaired) electrons. The van der Waals surface area contributed by atoms with Crippen LogP contribution in [-0.2, 0) is 19.5 Å². The molecule has 8 nitrogen and oxygen atoms in total. The van der Waals surface area contributed by atoms with Crippen molar-refractivity contribution in [3.8, 4) is 0 Å². The zero-order chi connectivity index (χ0) is 21.0. The van der Waals surface area contributed by atoms with Crippen molar-refractivity contribution >= 4 is 11.9 Å². The van der Waals surface area contributed by atoms with Crippen LogP contribution in [0, 0.1) is 0 Å². The quantitative estimate of drug-likeness (QED) is 0.113. The van der Waals surface area contributed by atoms with Gasteiger partial charge >= 0.3 is 11.9 Å². The Kier molecular flexibility index (Phi) is 17.5. The van der Waals surface area contributed by atoms with Crippen molar-refractivity contribution in [1.29, 1.82) is 0 Å². The molecule has 162 valence electrons. The largest absolute Gasteiger partial charge is 0.478 e. The zero-order valence-electron chi connectivity index (χ0n) is 17.2. The lowest BCUT2D eigenvalue weighted by Gasteiger charge is -2.06. The Morgan fingerprint density at radius 2 is 1.32 bits per heavy atom. The van der Waals surface area contributed by atoms with E-state index < -0.39 is 11.9 Å². The van der Waals surface area contributed by atoms with Gasteiger partial charge in [0.25, 0.3) is 0 Å². The van der Waals surface area contributed by atoms with Crippen LogP contribution in [0.25, 0.3) is 0 Å². The van der Waals surface area contributed by atoms with E-state index in [2.05, 4.69) is 10.8 Å². The van der Waals surface area contributed by atoms with Crippen LogP contribution in [0.2, 0.25) is 0 Å². The van der Waals surface area contributed by atoms with Crippen molar-refractivity contribution in [2.24, 2.45) is 0 Å². The molecule has 0 atom stereocenters. The number of unbranched alkanes of at least 4 members (excludes halogenated alkanes) is 5. The molecule has 0 bridgehead atoms. The van der Waals surface area contributed by atoms with Gasteiger partial charge in [0.2, 0.25) is 0 Å². The number of aliphatic carboxylic acids is 2. The highest BCUT2D eigenvalue weighted by atomic mass is 17.3. The van der Waals surface area contributed by atoms with Crippen LogP contribution in [0.15, 0.2) is 23.3 Å². The molecule has 0 heterocycles. The van der Waals surface area contributed by atoms with E-state index in [1.807, 2.05) is 0 Å². The first kappa shape index (κ1) is 26.3. The van der Waals surface area contributed by atoms with Crippen LogP contribution < -0.4 is 10.8 Å². The van der Waals surface area contributed by atoms with E-state index in [1.54, 1.807) is 26.0 Å². The van der Waals surface area contributed by atoms with Crippen LogP contribution in [0.5, 0.6) is 0 Å². The number of carboxylic acid groups (broad SMARTS) is 2. The molecule has 0 saturated heterocycles. The summed E-state index contributed by atoms with van der Waals surface area (Å²) in [6, 6.07) is 0. The first-order valence-corrected chi connectivity index (χ1v) is 9.97. The summed E-state index contributed by atoms with van der Waals surface area (Å²) in [6.07, 6.45) is 11.1. The molecule has 0 rings (SSSR count). The summed E-state index contributed by atoms with van der Waals surface area (Å²) in [7, 11) is 0. The van der Waals surface area contributed by atoms with E-state index in [0.29, 0.717) is 30.7 Å². The summed E-state index contributed by atoms with van der Waals surface area (Å²) in [4.78, 5) is 30.9. The van der Waals surface area contributed by atoms with Crippen molar-refractivity contribution in [3.05, 3.63) is 23.3 Å². The van der Waals surface area contributed by atoms with Gasteiger partial charge in [0, 0.05) is 17.7 Å². The highest BCUT2D eigenvalue weighted by molar-refractivity contribution is 5.86. The lowest BCUT2D eigenvalue weighted by atomic mass is 10.1. The fourth-order valence-corrected chi connectivity index (χ4v) is 2.26. The van der Waals surface area contributed by atoms with Crippen molar-refractivity contribution in [1.82, 2.24) is 10.8 Å². The second kappa shape index (κ2) is 18.6. The highest BCUT2D eigenvalue weighted by Gasteiger charge is 1.99. The normalized spacial score (nSPS) is 12.4. The summed E-state index contributed by atoms with van der Waals surface area (Å²) >= 11 is 0. The number of hydrogen-bond donors (Lipinski definition) is 4. The Morgan fingerprint density at radius 1 is 0.786 bits per heavy atom. The number of allylic oxidation sites excluding steroid dienone is 1. The molecule has 0 aliphatic rings. The maximum Gasteiger partial charge on any atom is 0.330 e. The molecule has 0 aromatic carbocycles. The van der Waals surface area contributed by atoms with Crippen LogP contribution >= 0.6 is 0 Å². The molecule has 0 spiro atoms. The molecule has 0 saturated carbocycles. The predicted molar refractivity (Wildman–Crippen MR) is 108 cm³/mol. The number of nitrogens with one attached hydrogen (secondary N) is 2. The molecule has 0 unspecified atom stereocenters. The molecule has 0 fully saturated rings. The fourth-order valence-electron chi connectivity index (χ4n) is 2.26. The van der Waals surface area contributed by atoms with E-state index in [1.165, 1.54) is 0 Å². The maximum atomic E-state index is 10.6. The summed E-state index contributed by atoms with van der Waals surface area (Å²) in [5, 5.41) is 20.8. The van der Waals surface area contributed by atoms with Crippen LogP contribution in [0.3, 0.4) is 0 Å². The second-order valence-electron chi connectivity index (χ2n) is 6.63. The number of carboxylic acids is 2. The molecule has 0 aliphatic heterocycles. The molecule has 0 aliphatic carbocycles. The minimum absolute atomic E-state index is 0.300. The van der Waals surface area contributed by atoms with Gasteiger partial charge in [0.15, 0.2) is 0 Å². The third kappa shape index (κ3) is 17.7. The molecular formula is C20H36N2O6. The predicted octanol–water partition coefficient (Wildman–Crippen LogP) is 3.21. The second-order valence-corrected chi connectivity index (χ2v) is 6.63. The van der Waals surface area contributed by atoms with E-state index in [-0.39, 0.29) is 0 Å². The van der Waals surface area contributed by atoms with Crippen LogP contribution in [-0.4, -0.2) is 48.4 Å². The monoisotopic (exact) mass is 400 g/mol. The third-order valence-electron chi connectivity index (χ3n) is 4.08. The van der Waals surface area contributed by atoms with Gasteiger partial charge in [-0.3, -0.25) is 0 Å². The lowest BCUT2D eigenvalue weighted by molar-refractivity contribution is -0.335. The summed E-state index contributed by atoms with van der Waals surface area (Å²) < 4.78 is 0. The Labute approximate surface area is 167 Å². The van der Waals surface area contributed by atoms with Gasteiger partial charge in [-0.25, -0.2) is 14.5 Å². The Bertz CT molecular complexity index is 447. The van der Waals surface area contributed by atoms with E-state index in [9.17, 15) is 9.59 Å². The highest BCUT2D eigenvalue weighted by Crippen LogP contribution is 2.02. The lowest BCUT2D eigenvalue weighted by Crippen LogP contribution is -2.18.